The van der Waals surface area contributed by atoms with Gasteiger partial charge in [-0.15, -0.1) is 0 Å². The summed E-state index contributed by atoms with van der Waals surface area (Å²) in [5, 5.41) is 0. The summed E-state index contributed by atoms with van der Waals surface area (Å²) in [6.45, 7) is 14.2. The molecule has 0 saturated carbocycles. The van der Waals surface area contributed by atoms with E-state index < -0.39 is 5.60 Å². The first-order chi connectivity index (χ1) is 7.83. The molecule has 94 valence electrons. The van der Waals surface area contributed by atoms with Gasteiger partial charge in [0.2, 0.25) is 0 Å². The Bertz CT molecular complexity index is 347. The molecule has 0 aromatic carbocycles. The number of hydrogen-bond acceptors (Lipinski definition) is 3. The van der Waals surface area contributed by atoms with Gasteiger partial charge in [-0.05, 0) is 39.1 Å². The molecule has 17 heavy (non-hydrogen) atoms. The highest BCUT2D eigenvalue weighted by atomic mass is 16.6. The Kier molecular flexibility index (Phi) is 4.10. The molecular weight excluding hydrogens is 216 g/mol. The number of likely N-dealkylation sites (tertiary alicyclic amines) is 1. The Hall–Kier alpha value is -1.58. The quantitative estimate of drug-likeness (QED) is 0.558. The van der Waals surface area contributed by atoms with Gasteiger partial charge in [0.15, 0.2) is 0 Å². The van der Waals surface area contributed by atoms with Gasteiger partial charge in [-0.2, -0.15) is 0 Å². The molecule has 0 N–H and O–H groups in total. The first-order valence-corrected chi connectivity index (χ1v) is 5.62. The van der Waals surface area contributed by atoms with Crippen molar-refractivity contribution in [1.82, 2.24) is 4.90 Å². The zero-order chi connectivity index (χ0) is 13.1. The van der Waals surface area contributed by atoms with Crippen molar-refractivity contribution in [3.8, 4) is 0 Å². The zero-order valence-electron chi connectivity index (χ0n) is 10.8. The van der Waals surface area contributed by atoms with Gasteiger partial charge in [0.25, 0.3) is 0 Å². The average molecular weight is 236 g/mol. The summed E-state index contributed by atoms with van der Waals surface area (Å²) in [6.07, 6.45) is 3.18. The molecule has 1 heterocycles. The minimum atomic E-state index is -0.439. The summed E-state index contributed by atoms with van der Waals surface area (Å²) in [4.78, 5) is 16.9. The SMILES string of the molecule is C=N/C=C\C(=C)C1CN(C(=O)OC(C)(C)C)C1. The molecule has 0 radical (unpaired) electrons. The van der Waals surface area contributed by atoms with Crippen LogP contribution in [0, 0.1) is 5.92 Å². The van der Waals surface area contributed by atoms with Crippen LogP contribution in [0.1, 0.15) is 20.8 Å². The first kappa shape index (κ1) is 13.5. The van der Waals surface area contributed by atoms with Gasteiger partial charge in [-0.3, -0.25) is 4.99 Å². The van der Waals surface area contributed by atoms with E-state index in [0.29, 0.717) is 19.0 Å². The number of carbonyl (C=O) groups excluding carboxylic acids is 1. The van der Waals surface area contributed by atoms with Crippen LogP contribution in [-0.4, -0.2) is 36.4 Å². The van der Waals surface area contributed by atoms with Gasteiger partial charge in [-0.1, -0.05) is 6.58 Å². The summed E-state index contributed by atoms with van der Waals surface area (Å²) in [6, 6.07) is 0. The lowest BCUT2D eigenvalue weighted by Crippen LogP contribution is -2.51. The van der Waals surface area contributed by atoms with Crippen LogP contribution in [-0.2, 0) is 4.74 Å². The van der Waals surface area contributed by atoms with Crippen LogP contribution >= 0.6 is 0 Å². The summed E-state index contributed by atoms with van der Waals surface area (Å²) in [7, 11) is 0. The van der Waals surface area contributed by atoms with E-state index in [0.717, 1.165) is 5.57 Å². The standard InChI is InChI=1S/C13H20N2O2/c1-10(6-7-14-5)11-8-15(9-11)12(16)17-13(2,3)4/h6-7,11H,1,5,8-9H2,2-4H3/b7-6-. The minimum Gasteiger partial charge on any atom is -0.444 e. The number of carbonyl (C=O) groups is 1. The number of rotatable bonds is 3. The fraction of sp³-hybridized carbons (Fsp3) is 0.538. The lowest BCUT2D eigenvalue weighted by atomic mass is 9.92. The summed E-state index contributed by atoms with van der Waals surface area (Å²) in [5.41, 5.74) is 0.531. The fourth-order valence-electron chi connectivity index (χ4n) is 1.47. The van der Waals surface area contributed by atoms with Crippen molar-refractivity contribution in [3.05, 3.63) is 24.4 Å². The molecule has 0 aromatic heterocycles. The summed E-state index contributed by atoms with van der Waals surface area (Å²) in [5.74, 6) is 0.306. The van der Waals surface area contributed by atoms with E-state index in [4.69, 9.17) is 4.74 Å². The highest BCUT2D eigenvalue weighted by Crippen LogP contribution is 2.25. The van der Waals surface area contributed by atoms with Crippen molar-refractivity contribution in [2.24, 2.45) is 10.9 Å². The summed E-state index contributed by atoms with van der Waals surface area (Å²) < 4.78 is 5.26. The molecular formula is C13H20N2O2. The second kappa shape index (κ2) is 5.17. The van der Waals surface area contributed by atoms with E-state index >= 15 is 0 Å². The third-order valence-electron chi connectivity index (χ3n) is 2.45. The van der Waals surface area contributed by atoms with Gasteiger partial charge in [0.1, 0.15) is 5.60 Å². The van der Waals surface area contributed by atoms with Gasteiger partial charge >= 0.3 is 6.09 Å². The predicted molar refractivity (Wildman–Crippen MR) is 69.1 cm³/mol. The monoisotopic (exact) mass is 236 g/mol. The Morgan fingerprint density at radius 1 is 1.47 bits per heavy atom. The zero-order valence-corrected chi connectivity index (χ0v) is 10.8. The van der Waals surface area contributed by atoms with Crippen molar-refractivity contribution in [3.63, 3.8) is 0 Å². The summed E-state index contributed by atoms with van der Waals surface area (Å²) >= 11 is 0. The Morgan fingerprint density at radius 3 is 2.53 bits per heavy atom. The van der Waals surface area contributed by atoms with E-state index in [9.17, 15) is 4.79 Å². The van der Waals surface area contributed by atoms with Crippen molar-refractivity contribution >= 4 is 12.8 Å². The van der Waals surface area contributed by atoms with Gasteiger partial charge < -0.3 is 9.64 Å². The first-order valence-electron chi connectivity index (χ1n) is 5.62. The molecule has 0 bridgehead atoms. The van der Waals surface area contributed by atoms with Crippen LogP contribution in [0.25, 0.3) is 0 Å². The molecule has 1 aliphatic heterocycles. The molecule has 1 fully saturated rings. The second-order valence-corrected chi connectivity index (χ2v) is 5.16. The average Bonchev–Trinajstić information content (AvgIpc) is 2.09. The van der Waals surface area contributed by atoms with Crippen LogP contribution in [0.5, 0.6) is 0 Å². The molecule has 0 unspecified atom stereocenters. The number of ether oxygens (including phenoxy) is 1. The van der Waals surface area contributed by atoms with Crippen LogP contribution in [0.3, 0.4) is 0 Å². The molecule has 1 saturated heterocycles. The van der Waals surface area contributed by atoms with Crippen LogP contribution in [0.2, 0.25) is 0 Å². The second-order valence-electron chi connectivity index (χ2n) is 5.16. The lowest BCUT2D eigenvalue weighted by molar-refractivity contribution is 0.00410. The van der Waals surface area contributed by atoms with Gasteiger partial charge in [0, 0.05) is 25.2 Å². The number of amides is 1. The van der Waals surface area contributed by atoms with E-state index in [1.807, 2.05) is 26.8 Å². The highest BCUT2D eigenvalue weighted by molar-refractivity contribution is 5.69. The van der Waals surface area contributed by atoms with E-state index in [1.165, 1.54) is 0 Å². The lowest BCUT2D eigenvalue weighted by Gasteiger charge is -2.40. The third kappa shape index (κ3) is 4.06. The van der Waals surface area contributed by atoms with Crippen LogP contribution < -0.4 is 0 Å². The molecule has 0 atom stereocenters. The van der Waals surface area contributed by atoms with Crippen LogP contribution in [0.4, 0.5) is 4.79 Å². The van der Waals surface area contributed by atoms with Gasteiger partial charge in [0.05, 0.1) is 0 Å². The number of hydrogen-bond donors (Lipinski definition) is 0. The largest absolute Gasteiger partial charge is 0.444 e. The maximum absolute atomic E-state index is 11.7. The van der Waals surface area contributed by atoms with E-state index in [2.05, 4.69) is 18.3 Å². The molecule has 0 spiro atoms. The normalized spacial score (nSPS) is 16.8. The Balaban J connectivity index is 2.36. The van der Waals surface area contributed by atoms with Gasteiger partial charge in [-0.25, -0.2) is 4.79 Å². The molecule has 1 rings (SSSR count). The number of nitrogens with zero attached hydrogens (tertiary/aromatic N) is 2. The smallest absolute Gasteiger partial charge is 0.410 e. The fourth-order valence-corrected chi connectivity index (χ4v) is 1.47. The Morgan fingerprint density at radius 2 is 2.06 bits per heavy atom. The van der Waals surface area contributed by atoms with E-state index in [1.54, 1.807) is 11.1 Å². The molecule has 0 aliphatic carbocycles. The Labute approximate surface area is 103 Å². The van der Waals surface area contributed by atoms with Crippen molar-refractivity contribution < 1.29 is 9.53 Å². The number of aliphatic imine (C=N–C) groups is 1. The molecule has 0 aromatic rings. The topological polar surface area (TPSA) is 41.9 Å². The third-order valence-corrected chi connectivity index (χ3v) is 2.45. The van der Waals surface area contributed by atoms with Crippen molar-refractivity contribution in [1.29, 1.82) is 0 Å². The molecule has 4 nitrogen and oxygen atoms in total. The maximum atomic E-state index is 11.7. The molecule has 1 aliphatic rings. The molecule has 1 amide bonds. The highest BCUT2D eigenvalue weighted by Gasteiger charge is 2.34. The van der Waals surface area contributed by atoms with Crippen LogP contribution in [0.15, 0.2) is 29.4 Å². The van der Waals surface area contributed by atoms with Crippen molar-refractivity contribution in [2.75, 3.05) is 13.1 Å². The van der Waals surface area contributed by atoms with Crippen molar-refractivity contribution in [2.45, 2.75) is 26.4 Å². The number of allylic oxidation sites excluding steroid dienone is 1. The minimum absolute atomic E-state index is 0.257. The maximum Gasteiger partial charge on any atom is 0.410 e. The predicted octanol–water partition coefficient (Wildman–Crippen LogP) is 2.62. The molecule has 4 heteroatoms. The van der Waals surface area contributed by atoms with E-state index in [-0.39, 0.29) is 6.09 Å².